The molecule has 118 valence electrons. The van der Waals surface area contributed by atoms with Gasteiger partial charge in [-0.25, -0.2) is 4.52 Å². The van der Waals surface area contributed by atoms with E-state index in [-0.39, 0.29) is 5.91 Å². The molecule has 2 aromatic heterocycles. The zero-order chi connectivity index (χ0) is 16.2. The second-order valence-electron chi connectivity index (χ2n) is 4.93. The Balaban J connectivity index is 1.77. The molecule has 3 aromatic rings. The molecule has 1 N–H and O–H groups in total. The summed E-state index contributed by atoms with van der Waals surface area (Å²) in [4.78, 5) is 12.4. The van der Waals surface area contributed by atoms with Crippen LogP contribution in [0.5, 0.6) is 11.5 Å². The summed E-state index contributed by atoms with van der Waals surface area (Å²) in [6.45, 7) is 0.334. The maximum atomic E-state index is 12.4. The minimum Gasteiger partial charge on any atom is -0.493 e. The van der Waals surface area contributed by atoms with E-state index in [1.807, 2.05) is 30.5 Å². The molecule has 0 spiro atoms. The molecule has 0 aliphatic rings. The molecule has 0 unspecified atom stereocenters. The first-order valence-electron chi connectivity index (χ1n) is 7.15. The lowest BCUT2D eigenvalue weighted by atomic mass is 10.1. The third-order valence-electron chi connectivity index (χ3n) is 3.50. The Labute approximate surface area is 133 Å². The van der Waals surface area contributed by atoms with Crippen molar-refractivity contribution in [1.29, 1.82) is 0 Å². The van der Waals surface area contributed by atoms with Crippen molar-refractivity contribution in [3.63, 3.8) is 0 Å². The molecule has 0 radical (unpaired) electrons. The van der Waals surface area contributed by atoms with Crippen LogP contribution in [0.4, 0.5) is 0 Å². The fourth-order valence-corrected chi connectivity index (χ4v) is 2.41. The second kappa shape index (κ2) is 6.39. The Morgan fingerprint density at radius 1 is 1.17 bits per heavy atom. The zero-order valence-corrected chi connectivity index (χ0v) is 12.9. The molecular formula is C17H17N3O3. The first kappa shape index (κ1) is 14.9. The number of benzene rings is 1. The predicted molar refractivity (Wildman–Crippen MR) is 85.9 cm³/mol. The summed E-state index contributed by atoms with van der Waals surface area (Å²) in [6, 6.07) is 12.9. The van der Waals surface area contributed by atoms with Crippen LogP contribution in [-0.4, -0.2) is 29.7 Å². The Bertz CT molecular complexity index is 809. The van der Waals surface area contributed by atoms with Gasteiger partial charge in [-0.15, -0.1) is 0 Å². The van der Waals surface area contributed by atoms with E-state index in [9.17, 15) is 4.79 Å². The van der Waals surface area contributed by atoms with Crippen LogP contribution < -0.4 is 14.8 Å². The molecule has 0 atom stereocenters. The summed E-state index contributed by atoms with van der Waals surface area (Å²) in [5, 5.41) is 7.25. The highest BCUT2D eigenvalue weighted by atomic mass is 16.5. The fourth-order valence-electron chi connectivity index (χ4n) is 2.41. The zero-order valence-electron chi connectivity index (χ0n) is 12.9. The number of hydrogen-bond donors (Lipinski definition) is 1. The summed E-state index contributed by atoms with van der Waals surface area (Å²) in [6.07, 6.45) is 1.87. The Morgan fingerprint density at radius 3 is 2.78 bits per heavy atom. The van der Waals surface area contributed by atoms with Crippen LogP contribution in [0.3, 0.4) is 0 Å². The molecule has 1 aromatic carbocycles. The maximum absolute atomic E-state index is 12.4. The van der Waals surface area contributed by atoms with E-state index in [0.29, 0.717) is 23.6 Å². The minimum absolute atomic E-state index is 0.238. The van der Waals surface area contributed by atoms with Crippen LogP contribution in [0.1, 0.15) is 16.1 Å². The Kier molecular flexibility index (Phi) is 4.14. The van der Waals surface area contributed by atoms with Gasteiger partial charge in [0.25, 0.3) is 5.91 Å². The van der Waals surface area contributed by atoms with Gasteiger partial charge in [0.1, 0.15) is 0 Å². The van der Waals surface area contributed by atoms with Gasteiger partial charge in [0, 0.05) is 6.20 Å². The lowest BCUT2D eigenvalue weighted by Gasteiger charge is -2.12. The van der Waals surface area contributed by atoms with Crippen molar-refractivity contribution in [3.05, 3.63) is 59.9 Å². The van der Waals surface area contributed by atoms with E-state index in [1.54, 1.807) is 22.7 Å². The van der Waals surface area contributed by atoms with Crippen molar-refractivity contribution >= 4 is 11.4 Å². The van der Waals surface area contributed by atoms with Crippen molar-refractivity contribution in [2.45, 2.75) is 6.54 Å². The highest BCUT2D eigenvalue weighted by Crippen LogP contribution is 2.30. The number of nitrogens with zero attached hydrogens (tertiary/aromatic N) is 2. The number of carbonyl (C=O) groups excluding carboxylic acids is 1. The molecule has 0 aliphatic heterocycles. The molecule has 0 aliphatic carbocycles. The Morgan fingerprint density at radius 2 is 2.04 bits per heavy atom. The first-order valence-corrected chi connectivity index (χ1v) is 7.15. The average Bonchev–Trinajstić information content (AvgIpc) is 3.01. The Hall–Kier alpha value is -3.02. The molecule has 6 nitrogen and oxygen atoms in total. The SMILES string of the molecule is COc1cccc(C(=O)NCc2cc3ccccn3n2)c1OC. The average molecular weight is 311 g/mol. The van der Waals surface area contributed by atoms with E-state index < -0.39 is 0 Å². The van der Waals surface area contributed by atoms with Crippen LogP contribution in [-0.2, 0) is 6.54 Å². The summed E-state index contributed by atoms with van der Waals surface area (Å²) in [5.41, 5.74) is 2.19. The van der Waals surface area contributed by atoms with Gasteiger partial charge < -0.3 is 14.8 Å². The lowest BCUT2D eigenvalue weighted by Crippen LogP contribution is -2.23. The van der Waals surface area contributed by atoms with Crippen LogP contribution in [0.15, 0.2) is 48.7 Å². The molecule has 0 bridgehead atoms. The van der Waals surface area contributed by atoms with Crippen molar-refractivity contribution in [2.24, 2.45) is 0 Å². The number of carbonyl (C=O) groups is 1. The fraction of sp³-hybridized carbons (Fsp3) is 0.176. The van der Waals surface area contributed by atoms with Gasteiger partial charge in [-0.05, 0) is 30.3 Å². The highest BCUT2D eigenvalue weighted by Gasteiger charge is 2.16. The number of hydrogen-bond acceptors (Lipinski definition) is 4. The van der Waals surface area contributed by atoms with Crippen molar-refractivity contribution < 1.29 is 14.3 Å². The standard InChI is InChI=1S/C17H17N3O3/c1-22-15-8-5-7-14(16(15)23-2)17(21)18-11-12-10-13-6-3-4-9-20(13)19-12/h3-10H,11H2,1-2H3,(H,18,21). The number of para-hydroxylation sites is 1. The number of pyridine rings is 1. The van der Waals surface area contributed by atoms with Gasteiger partial charge in [0.15, 0.2) is 11.5 Å². The van der Waals surface area contributed by atoms with E-state index in [4.69, 9.17) is 9.47 Å². The van der Waals surface area contributed by atoms with Crippen molar-refractivity contribution in [2.75, 3.05) is 14.2 Å². The van der Waals surface area contributed by atoms with Gasteiger partial charge in [0.05, 0.1) is 37.5 Å². The van der Waals surface area contributed by atoms with Crippen LogP contribution >= 0.6 is 0 Å². The van der Waals surface area contributed by atoms with Gasteiger partial charge in [-0.2, -0.15) is 5.10 Å². The first-order chi connectivity index (χ1) is 11.2. The normalized spacial score (nSPS) is 10.5. The largest absolute Gasteiger partial charge is 0.493 e. The summed E-state index contributed by atoms with van der Waals surface area (Å²) in [5.74, 6) is 0.702. The summed E-state index contributed by atoms with van der Waals surface area (Å²) >= 11 is 0. The molecule has 0 fully saturated rings. The van der Waals surface area contributed by atoms with Crippen LogP contribution in [0.25, 0.3) is 5.52 Å². The number of ether oxygens (including phenoxy) is 2. The van der Waals surface area contributed by atoms with Gasteiger partial charge >= 0.3 is 0 Å². The van der Waals surface area contributed by atoms with E-state index in [1.165, 1.54) is 14.2 Å². The number of fused-ring (bicyclic) bond motifs is 1. The number of methoxy groups -OCH3 is 2. The molecular weight excluding hydrogens is 294 g/mol. The smallest absolute Gasteiger partial charge is 0.255 e. The topological polar surface area (TPSA) is 64.9 Å². The molecule has 2 heterocycles. The molecule has 1 amide bonds. The van der Waals surface area contributed by atoms with Crippen LogP contribution in [0.2, 0.25) is 0 Å². The van der Waals surface area contributed by atoms with Crippen LogP contribution in [0, 0.1) is 0 Å². The number of aromatic nitrogens is 2. The molecule has 0 saturated heterocycles. The van der Waals surface area contributed by atoms with Gasteiger partial charge in [0.2, 0.25) is 0 Å². The predicted octanol–water partition coefficient (Wildman–Crippen LogP) is 2.28. The number of rotatable bonds is 5. The summed E-state index contributed by atoms with van der Waals surface area (Å²) in [7, 11) is 3.05. The molecule has 0 saturated carbocycles. The monoisotopic (exact) mass is 311 g/mol. The third-order valence-corrected chi connectivity index (χ3v) is 3.50. The number of amides is 1. The third kappa shape index (κ3) is 2.96. The van der Waals surface area contributed by atoms with Gasteiger partial charge in [-0.3, -0.25) is 4.79 Å². The molecule has 6 heteroatoms. The van der Waals surface area contributed by atoms with E-state index >= 15 is 0 Å². The quantitative estimate of drug-likeness (QED) is 0.785. The molecule has 3 rings (SSSR count). The minimum atomic E-state index is -0.238. The number of nitrogens with one attached hydrogen (secondary N) is 1. The summed E-state index contributed by atoms with van der Waals surface area (Å²) < 4.78 is 12.3. The second-order valence-corrected chi connectivity index (χ2v) is 4.93. The van der Waals surface area contributed by atoms with Crippen molar-refractivity contribution in [1.82, 2.24) is 14.9 Å². The van der Waals surface area contributed by atoms with E-state index in [0.717, 1.165) is 11.2 Å². The molecule has 23 heavy (non-hydrogen) atoms. The maximum Gasteiger partial charge on any atom is 0.255 e. The lowest BCUT2D eigenvalue weighted by molar-refractivity contribution is 0.0946. The van der Waals surface area contributed by atoms with Gasteiger partial charge in [-0.1, -0.05) is 12.1 Å². The highest BCUT2D eigenvalue weighted by molar-refractivity contribution is 5.97. The van der Waals surface area contributed by atoms with Crippen molar-refractivity contribution in [3.8, 4) is 11.5 Å². The van der Waals surface area contributed by atoms with E-state index in [2.05, 4.69) is 10.4 Å².